The number of hydrogen-bond acceptors (Lipinski definition) is 2. The number of hydrogen-bond donors (Lipinski definition) is 0. The Morgan fingerprint density at radius 2 is 1.62 bits per heavy atom. The van der Waals surface area contributed by atoms with Gasteiger partial charge in [0.15, 0.2) is 0 Å². The summed E-state index contributed by atoms with van der Waals surface area (Å²) < 4.78 is 0. The molecule has 4 rings (SSSR count). The summed E-state index contributed by atoms with van der Waals surface area (Å²) in [5, 5.41) is 0.761. The van der Waals surface area contributed by atoms with E-state index in [2.05, 4.69) is 64.5 Å². The second-order valence-corrected chi connectivity index (χ2v) is 6.28. The molecule has 0 saturated carbocycles. The normalized spacial score (nSPS) is 13.0. The van der Waals surface area contributed by atoms with E-state index in [0.29, 0.717) is 0 Å². The lowest BCUT2D eigenvalue weighted by atomic mass is 9.99. The monoisotopic (exact) mass is 332 g/mol. The maximum Gasteiger partial charge on any atom is 0.0860 e. The zero-order chi connectivity index (χ0) is 16.4. The van der Waals surface area contributed by atoms with E-state index in [9.17, 15) is 0 Å². The summed E-state index contributed by atoms with van der Waals surface area (Å²) in [6.07, 6.45) is 1.98. The first kappa shape index (κ1) is 15.0. The van der Waals surface area contributed by atoms with Crippen molar-refractivity contribution in [3.05, 3.63) is 83.4 Å². The highest BCUT2D eigenvalue weighted by molar-refractivity contribution is 6.30. The second kappa shape index (κ2) is 6.50. The van der Waals surface area contributed by atoms with E-state index in [1.165, 1.54) is 22.4 Å². The van der Waals surface area contributed by atoms with Crippen LogP contribution in [0.2, 0.25) is 5.02 Å². The van der Waals surface area contributed by atoms with E-state index >= 15 is 0 Å². The molecule has 0 aromatic heterocycles. The van der Waals surface area contributed by atoms with Crippen molar-refractivity contribution in [2.24, 2.45) is 4.99 Å². The van der Waals surface area contributed by atoms with Crippen LogP contribution in [0.1, 0.15) is 5.56 Å². The number of nitrogens with zero attached hydrogens (tertiary/aromatic N) is 2. The lowest BCUT2D eigenvalue weighted by Crippen LogP contribution is -2.27. The number of rotatable bonds is 3. The van der Waals surface area contributed by atoms with Crippen LogP contribution in [0.3, 0.4) is 0 Å². The Morgan fingerprint density at radius 1 is 0.875 bits per heavy atom. The molecule has 1 aliphatic rings. The zero-order valence-corrected chi connectivity index (χ0v) is 13.9. The molecule has 0 N–H and O–H groups in total. The Labute approximate surface area is 147 Å². The van der Waals surface area contributed by atoms with Crippen molar-refractivity contribution in [3.63, 3.8) is 0 Å². The standard InChI is InChI=1S/C21H17ClN2/c22-18-11-9-16(10-12-18)19-6-2-1-5-17(19)15-24-14-13-23-20-7-3-4-8-21(20)24/h1-13H,14-15H2. The van der Waals surface area contributed by atoms with E-state index in [1.807, 2.05) is 24.4 Å². The summed E-state index contributed by atoms with van der Waals surface area (Å²) in [6.45, 7) is 1.67. The van der Waals surface area contributed by atoms with Crippen LogP contribution in [0.5, 0.6) is 0 Å². The predicted octanol–water partition coefficient (Wildman–Crippen LogP) is 5.73. The van der Waals surface area contributed by atoms with Gasteiger partial charge in [-0.05, 0) is 41.0 Å². The smallest absolute Gasteiger partial charge is 0.0860 e. The molecule has 0 saturated heterocycles. The third kappa shape index (κ3) is 2.93. The van der Waals surface area contributed by atoms with Crippen LogP contribution in [0.4, 0.5) is 11.4 Å². The van der Waals surface area contributed by atoms with Gasteiger partial charge in [-0.3, -0.25) is 4.99 Å². The van der Waals surface area contributed by atoms with Gasteiger partial charge in [0.1, 0.15) is 0 Å². The molecular formula is C21H17ClN2. The first-order valence-electron chi connectivity index (χ1n) is 8.01. The summed E-state index contributed by atoms with van der Waals surface area (Å²) in [5.74, 6) is 0. The molecule has 0 atom stereocenters. The topological polar surface area (TPSA) is 15.6 Å². The quantitative estimate of drug-likeness (QED) is 0.598. The fraction of sp³-hybridized carbons (Fsp3) is 0.0952. The molecule has 0 aliphatic carbocycles. The molecule has 24 heavy (non-hydrogen) atoms. The molecule has 0 unspecified atom stereocenters. The van der Waals surface area contributed by atoms with Crippen molar-refractivity contribution >= 4 is 29.2 Å². The maximum atomic E-state index is 6.03. The third-order valence-electron chi connectivity index (χ3n) is 4.29. The van der Waals surface area contributed by atoms with Gasteiger partial charge in [-0.2, -0.15) is 0 Å². The summed E-state index contributed by atoms with van der Waals surface area (Å²) in [6, 6.07) is 24.9. The van der Waals surface area contributed by atoms with Crippen LogP contribution < -0.4 is 4.90 Å². The van der Waals surface area contributed by atoms with E-state index in [-0.39, 0.29) is 0 Å². The van der Waals surface area contributed by atoms with Crippen LogP contribution in [-0.4, -0.2) is 12.8 Å². The van der Waals surface area contributed by atoms with Crippen molar-refractivity contribution in [2.75, 3.05) is 11.4 Å². The molecule has 0 radical (unpaired) electrons. The molecule has 2 nitrogen and oxygen atoms in total. The first-order valence-corrected chi connectivity index (χ1v) is 8.39. The third-order valence-corrected chi connectivity index (χ3v) is 4.54. The Kier molecular flexibility index (Phi) is 4.06. The van der Waals surface area contributed by atoms with Gasteiger partial charge in [-0.15, -0.1) is 0 Å². The van der Waals surface area contributed by atoms with Crippen molar-refractivity contribution in [2.45, 2.75) is 6.54 Å². The van der Waals surface area contributed by atoms with Gasteiger partial charge in [-0.1, -0.05) is 60.1 Å². The Balaban J connectivity index is 1.69. The molecule has 0 spiro atoms. The van der Waals surface area contributed by atoms with Gasteiger partial charge in [0.05, 0.1) is 17.9 Å². The second-order valence-electron chi connectivity index (χ2n) is 5.84. The van der Waals surface area contributed by atoms with Gasteiger partial charge in [-0.25, -0.2) is 0 Å². The lowest BCUT2D eigenvalue weighted by Gasteiger charge is -2.28. The van der Waals surface area contributed by atoms with Crippen LogP contribution in [0.25, 0.3) is 11.1 Å². The number of aliphatic imine (C=N–C) groups is 1. The number of anilines is 1. The van der Waals surface area contributed by atoms with Crippen molar-refractivity contribution in [3.8, 4) is 11.1 Å². The highest BCUT2D eigenvalue weighted by atomic mass is 35.5. The number of benzene rings is 3. The SMILES string of the molecule is Clc1ccc(-c2ccccc2CN2CC=Nc3ccccc32)cc1. The molecule has 0 amide bonds. The minimum atomic E-state index is 0.761. The molecule has 118 valence electrons. The van der Waals surface area contributed by atoms with Crippen LogP contribution >= 0.6 is 11.6 Å². The Hall–Kier alpha value is -2.58. The first-order chi connectivity index (χ1) is 11.8. The summed E-state index contributed by atoms with van der Waals surface area (Å²) in [7, 11) is 0. The Morgan fingerprint density at radius 3 is 2.50 bits per heavy atom. The predicted molar refractivity (Wildman–Crippen MR) is 103 cm³/mol. The molecule has 3 heteroatoms. The van der Waals surface area contributed by atoms with Gasteiger partial charge in [0.25, 0.3) is 0 Å². The van der Waals surface area contributed by atoms with E-state index in [1.54, 1.807) is 0 Å². The molecule has 3 aromatic carbocycles. The lowest BCUT2D eigenvalue weighted by molar-refractivity contribution is 0.882. The minimum absolute atomic E-state index is 0.761. The average molecular weight is 333 g/mol. The van der Waals surface area contributed by atoms with Crippen LogP contribution in [0, 0.1) is 0 Å². The largest absolute Gasteiger partial charge is 0.360 e. The molecule has 1 aliphatic heterocycles. The summed E-state index contributed by atoms with van der Waals surface area (Å²) in [4.78, 5) is 6.85. The van der Waals surface area contributed by atoms with E-state index in [4.69, 9.17) is 11.6 Å². The van der Waals surface area contributed by atoms with Crippen molar-refractivity contribution in [1.82, 2.24) is 0 Å². The number of fused-ring (bicyclic) bond motifs is 1. The average Bonchev–Trinajstić information content (AvgIpc) is 2.63. The maximum absolute atomic E-state index is 6.03. The zero-order valence-electron chi connectivity index (χ0n) is 13.2. The number of halogens is 1. The molecular weight excluding hydrogens is 316 g/mol. The molecule has 0 fully saturated rings. The molecule has 1 heterocycles. The van der Waals surface area contributed by atoms with Crippen molar-refractivity contribution in [1.29, 1.82) is 0 Å². The Bertz CT molecular complexity index is 884. The fourth-order valence-electron chi connectivity index (χ4n) is 3.10. The fourth-order valence-corrected chi connectivity index (χ4v) is 3.23. The minimum Gasteiger partial charge on any atom is -0.360 e. The van der Waals surface area contributed by atoms with Gasteiger partial charge in [0.2, 0.25) is 0 Å². The van der Waals surface area contributed by atoms with Crippen molar-refractivity contribution < 1.29 is 0 Å². The molecule has 3 aromatic rings. The van der Waals surface area contributed by atoms with Gasteiger partial charge >= 0.3 is 0 Å². The molecule has 0 bridgehead atoms. The summed E-state index contributed by atoms with van der Waals surface area (Å²) >= 11 is 6.03. The highest BCUT2D eigenvalue weighted by Crippen LogP contribution is 2.33. The number of para-hydroxylation sites is 2. The summed E-state index contributed by atoms with van der Waals surface area (Å²) in [5.41, 5.74) is 5.95. The van der Waals surface area contributed by atoms with Gasteiger partial charge in [0, 0.05) is 17.8 Å². The van der Waals surface area contributed by atoms with E-state index < -0.39 is 0 Å². The van der Waals surface area contributed by atoms with Crippen LogP contribution in [0.15, 0.2) is 77.8 Å². The van der Waals surface area contributed by atoms with Gasteiger partial charge < -0.3 is 4.90 Å². The highest BCUT2D eigenvalue weighted by Gasteiger charge is 2.15. The van der Waals surface area contributed by atoms with E-state index in [0.717, 1.165) is 23.8 Å². The van der Waals surface area contributed by atoms with Crippen LogP contribution in [-0.2, 0) is 6.54 Å².